The van der Waals surface area contributed by atoms with Gasteiger partial charge in [0.15, 0.2) is 0 Å². The fraction of sp³-hybridized carbons (Fsp3) is 0.625. The molecule has 1 rings (SSSR count). The molecule has 0 unspecified atom stereocenters. The predicted molar refractivity (Wildman–Crippen MR) is 44.3 cm³/mol. The predicted octanol–water partition coefficient (Wildman–Crippen LogP) is 1.34. The lowest BCUT2D eigenvalue weighted by Gasteiger charge is -2.06. The third-order valence-electron chi connectivity index (χ3n) is 1.32. The lowest BCUT2D eigenvalue weighted by Crippen LogP contribution is -2.27. The van der Waals surface area contributed by atoms with Gasteiger partial charge in [0.25, 0.3) is 0 Å². The number of nitrogens with zero attached hydrogens (tertiary/aromatic N) is 1. The first-order chi connectivity index (χ1) is 4.68. The van der Waals surface area contributed by atoms with Crippen molar-refractivity contribution in [3.8, 4) is 0 Å². The first kappa shape index (κ1) is 7.32. The molecule has 1 heterocycles. The van der Waals surface area contributed by atoms with Gasteiger partial charge in [0.1, 0.15) is 5.84 Å². The third-order valence-corrected chi connectivity index (χ3v) is 1.32. The first-order valence-corrected chi connectivity index (χ1v) is 3.66. The van der Waals surface area contributed by atoms with Gasteiger partial charge in [-0.25, -0.2) is 0 Å². The molecule has 0 saturated carbocycles. The van der Waals surface area contributed by atoms with Crippen LogP contribution < -0.4 is 5.32 Å². The van der Waals surface area contributed by atoms with E-state index in [0.29, 0.717) is 6.04 Å². The van der Waals surface area contributed by atoms with Gasteiger partial charge in [0.05, 0.1) is 6.54 Å². The molecule has 0 fully saturated rings. The van der Waals surface area contributed by atoms with Crippen LogP contribution in [-0.2, 0) is 0 Å². The van der Waals surface area contributed by atoms with Crippen molar-refractivity contribution in [1.82, 2.24) is 5.32 Å². The zero-order valence-electron chi connectivity index (χ0n) is 6.81. The molecular formula is C8H14N2. The first-order valence-electron chi connectivity index (χ1n) is 3.66. The van der Waals surface area contributed by atoms with E-state index in [1.54, 1.807) is 0 Å². The van der Waals surface area contributed by atoms with Gasteiger partial charge in [-0.3, -0.25) is 4.99 Å². The van der Waals surface area contributed by atoms with Crippen molar-refractivity contribution < 1.29 is 0 Å². The van der Waals surface area contributed by atoms with E-state index < -0.39 is 0 Å². The Bertz CT molecular complexity index is 178. The Hall–Kier alpha value is -0.790. The highest BCUT2D eigenvalue weighted by Gasteiger charge is 2.03. The maximum Gasteiger partial charge on any atom is 0.121 e. The summed E-state index contributed by atoms with van der Waals surface area (Å²) < 4.78 is 0. The van der Waals surface area contributed by atoms with E-state index in [1.807, 2.05) is 0 Å². The van der Waals surface area contributed by atoms with Crippen LogP contribution in [0.3, 0.4) is 0 Å². The second-order valence-corrected chi connectivity index (χ2v) is 2.99. The van der Waals surface area contributed by atoms with Gasteiger partial charge in [-0.2, -0.15) is 0 Å². The van der Waals surface area contributed by atoms with Crippen molar-refractivity contribution in [3.05, 3.63) is 11.6 Å². The smallest absolute Gasteiger partial charge is 0.121 e. The number of hydrogen-bond donors (Lipinski definition) is 1. The van der Waals surface area contributed by atoms with Crippen LogP contribution in [0.1, 0.15) is 20.8 Å². The summed E-state index contributed by atoms with van der Waals surface area (Å²) in [5.74, 6) is 1.03. The Balaban J connectivity index is 2.44. The average Bonchev–Trinajstić information content (AvgIpc) is 2.13. The molecule has 0 atom stereocenters. The van der Waals surface area contributed by atoms with Crippen molar-refractivity contribution in [3.63, 3.8) is 0 Å². The molecule has 56 valence electrons. The summed E-state index contributed by atoms with van der Waals surface area (Å²) in [5, 5.41) is 3.25. The van der Waals surface area contributed by atoms with E-state index in [1.165, 1.54) is 5.57 Å². The zero-order chi connectivity index (χ0) is 7.56. The molecule has 0 aromatic heterocycles. The molecule has 10 heavy (non-hydrogen) atoms. The maximum atomic E-state index is 4.27. The SMILES string of the molecule is CC1=CC(NC(C)C)=NC1. The maximum absolute atomic E-state index is 4.27. The van der Waals surface area contributed by atoms with Gasteiger partial charge >= 0.3 is 0 Å². The van der Waals surface area contributed by atoms with Crippen LogP contribution >= 0.6 is 0 Å². The topological polar surface area (TPSA) is 24.4 Å². The quantitative estimate of drug-likeness (QED) is 0.581. The highest BCUT2D eigenvalue weighted by molar-refractivity contribution is 5.95. The molecule has 1 N–H and O–H groups in total. The molecule has 0 spiro atoms. The van der Waals surface area contributed by atoms with Gasteiger partial charge < -0.3 is 5.32 Å². The van der Waals surface area contributed by atoms with Crippen LogP contribution in [0.2, 0.25) is 0 Å². The van der Waals surface area contributed by atoms with Crippen molar-refractivity contribution >= 4 is 5.84 Å². The van der Waals surface area contributed by atoms with E-state index in [2.05, 4.69) is 37.2 Å². The van der Waals surface area contributed by atoms with Gasteiger partial charge in [0, 0.05) is 6.04 Å². The zero-order valence-corrected chi connectivity index (χ0v) is 6.81. The number of nitrogens with one attached hydrogen (secondary N) is 1. The second kappa shape index (κ2) is 2.86. The Morgan fingerprint density at radius 3 is 2.70 bits per heavy atom. The standard InChI is InChI=1S/C8H14N2/c1-6(2)10-8-4-7(3)5-9-8/h4,6H,5H2,1-3H3,(H,9,10). The second-order valence-electron chi connectivity index (χ2n) is 2.99. The summed E-state index contributed by atoms with van der Waals surface area (Å²) >= 11 is 0. The Kier molecular flexibility index (Phi) is 2.10. The Morgan fingerprint density at radius 1 is 1.60 bits per heavy atom. The average molecular weight is 138 g/mol. The molecule has 0 aromatic rings. The van der Waals surface area contributed by atoms with Crippen LogP contribution in [0, 0.1) is 0 Å². The van der Waals surface area contributed by atoms with Crippen LogP contribution in [0.15, 0.2) is 16.6 Å². The van der Waals surface area contributed by atoms with E-state index in [9.17, 15) is 0 Å². The van der Waals surface area contributed by atoms with Gasteiger partial charge in [-0.05, 0) is 32.4 Å². The number of hydrogen-bond acceptors (Lipinski definition) is 2. The molecule has 0 aromatic carbocycles. The fourth-order valence-corrected chi connectivity index (χ4v) is 0.918. The van der Waals surface area contributed by atoms with Crippen LogP contribution in [0.25, 0.3) is 0 Å². The molecule has 0 bridgehead atoms. The lowest BCUT2D eigenvalue weighted by molar-refractivity contribution is 0.735. The highest BCUT2D eigenvalue weighted by atomic mass is 15.0. The van der Waals surface area contributed by atoms with E-state index in [4.69, 9.17) is 0 Å². The summed E-state index contributed by atoms with van der Waals surface area (Å²) in [6.07, 6.45) is 2.10. The summed E-state index contributed by atoms with van der Waals surface area (Å²) in [6, 6.07) is 0.487. The minimum Gasteiger partial charge on any atom is -0.368 e. The van der Waals surface area contributed by atoms with E-state index in [-0.39, 0.29) is 0 Å². The van der Waals surface area contributed by atoms with Crippen LogP contribution in [0.4, 0.5) is 0 Å². The molecule has 0 aliphatic carbocycles. The van der Waals surface area contributed by atoms with E-state index >= 15 is 0 Å². The molecule has 2 nitrogen and oxygen atoms in total. The lowest BCUT2D eigenvalue weighted by atomic mass is 10.3. The molecule has 1 aliphatic heterocycles. The van der Waals surface area contributed by atoms with Gasteiger partial charge in [-0.1, -0.05) is 0 Å². The Morgan fingerprint density at radius 2 is 2.30 bits per heavy atom. The number of amidine groups is 1. The minimum absolute atomic E-state index is 0.487. The number of rotatable bonds is 1. The van der Waals surface area contributed by atoms with Crippen molar-refractivity contribution in [2.45, 2.75) is 26.8 Å². The van der Waals surface area contributed by atoms with E-state index in [0.717, 1.165) is 12.4 Å². The third kappa shape index (κ3) is 1.87. The monoisotopic (exact) mass is 138 g/mol. The van der Waals surface area contributed by atoms with Crippen LogP contribution in [-0.4, -0.2) is 18.4 Å². The van der Waals surface area contributed by atoms with Crippen molar-refractivity contribution in [1.29, 1.82) is 0 Å². The molecule has 0 radical (unpaired) electrons. The highest BCUT2D eigenvalue weighted by Crippen LogP contribution is 2.01. The molecule has 2 heteroatoms. The number of aliphatic imine (C=N–C) groups is 1. The Labute approximate surface area is 62.0 Å². The van der Waals surface area contributed by atoms with Gasteiger partial charge in [-0.15, -0.1) is 0 Å². The summed E-state index contributed by atoms with van der Waals surface area (Å²) in [5.41, 5.74) is 1.34. The molecule has 0 amide bonds. The molecule has 1 aliphatic rings. The van der Waals surface area contributed by atoms with Crippen molar-refractivity contribution in [2.24, 2.45) is 4.99 Å². The summed E-state index contributed by atoms with van der Waals surface area (Å²) in [7, 11) is 0. The summed E-state index contributed by atoms with van der Waals surface area (Å²) in [6.45, 7) is 7.20. The fourth-order valence-electron chi connectivity index (χ4n) is 0.918. The van der Waals surface area contributed by atoms with Crippen molar-refractivity contribution in [2.75, 3.05) is 6.54 Å². The summed E-state index contributed by atoms with van der Waals surface area (Å²) in [4.78, 5) is 4.27. The minimum atomic E-state index is 0.487. The molecular weight excluding hydrogens is 124 g/mol. The normalized spacial score (nSPS) is 17.2. The largest absolute Gasteiger partial charge is 0.368 e. The van der Waals surface area contributed by atoms with Gasteiger partial charge in [0.2, 0.25) is 0 Å². The molecule has 0 saturated heterocycles. The van der Waals surface area contributed by atoms with Crippen LogP contribution in [0.5, 0.6) is 0 Å².